The van der Waals surface area contributed by atoms with E-state index < -0.39 is 0 Å². The molecule has 0 radical (unpaired) electrons. The molecule has 1 aliphatic rings. The molecule has 7 heteroatoms. The molecule has 1 heterocycles. The normalized spacial score (nSPS) is 15.3. The van der Waals surface area contributed by atoms with Crippen LogP contribution < -0.4 is 0 Å². The summed E-state index contributed by atoms with van der Waals surface area (Å²) >= 11 is 6.09. The minimum Gasteiger partial charge on any atom is -0.469 e. The highest BCUT2D eigenvalue weighted by Crippen LogP contribution is 2.23. The second-order valence-electron chi connectivity index (χ2n) is 8.45. The van der Waals surface area contributed by atoms with Crippen molar-refractivity contribution in [1.82, 2.24) is 9.80 Å². The molecule has 2 aromatic rings. The van der Waals surface area contributed by atoms with Crippen LogP contribution in [0.2, 0.25) is 5.02 Å². The molecule has 1 aliphatic heterocycles. The van der Waals surface area contributed by atoms with Crippen molar-refractivity contribution in [3.63, 3.8) is 0 Å². The quantitative estimate of drug-likeness (QED) is 0.480. The molecule has 0 unspecified atom stereocenters. The summed E-state index contributed by atoms with van der Waals surface area (Å²) < 4.78 is 11.0. The van der Waals surface area contributed by atoms with Gasteiger partial charge in [0.25, 0.3) is 0 Å². The van der Waals surface area contributed by atoms with E-state index in [4.69, 9.17) is 16.3 Å². The lowest BCUT2D eigenvalue weighted by molar-refractivity contribution is -0.141. The van der Waals surface area contributed by atoms with Crippen molar-refractivity contribution in [3.8, 4) is 0 Å². The van der Waals surface area contributed by atoms with Crippen molar-refractivity contribution in [2.75, 3.05) is 39.8 Å². The smallest absolute Gasteiger partial charge is 0.305 e. The van der Waals surface area contributed by atoms with E-state index in [0.717, 1.165) is 30.8 Å². The lowest BCUT2D eigenvalue weighted by Gasteiger charge is -2.36. The van der Waals surface area contributed by atoms with Gasteiger partial charge in [-0.05, 0) is 36.6 Å². The number of piperazine rings is 1. The number of ether oxygens (including phenoxy) is 2. The Bertz CT molecular complexity index is 911. The number of hydrogen-bond acceptors (Lipinski definition) is 5. The van der Waals surface area contributed by atoms with Gasteiger partial charge in [-0.25, -0.2) is 0 Å². The van der Waals surface area contributed by atoms with Crippen LogP contribution >= 0.6 is 11.6 Å². The van der Waals surface area contributed by atoms with Gasteiger partial charge in [0.1, 0.15) is 0 Å². The van der Waals surface area contributed by atoms with Gasteiger partial charge in [-0.3, -0.25) is 14.5 Å². The van der Waals surface area contributed by atoms with Gasteiger partial charge in [-0.15, -0.1) is 0 Å². The summed E-state index contributed by atoms with van der Waals surface area (Å²) in [5.41, 5.74) is 3.45. The number of esters is 1. The lowest BCUT2D eigenvalue weighted by atomic mass is 10.1. The van der Waals surface area contributed by atoms with Gasteiger partial charge in [0.05, 0.1) is 19.8 Å². The standard InChI is InChI=1S/C26H33ClN2O4/c1-20-5-3-6-21(17-20)19-33-24(22-9-11-23(27)12-10-22)18-28-13-15-29(16-14-28)25(30)7-4-8-26(31)32-2/h3,5-6,9-12,17,24H,4,7-8,13-16,18-19H2,1-2H3/t24-/m0/s1. The summed E-state index contributed by atoms with van der Waals surface area (Å²) in [6.45, 7) is 6.31. The fraction of sp³-hybridized carbons (Fsp3) is 0.462. The number of halogens is 1. The van der Waals surface area contributed by atoms with Crippen LogP contribution in [0.25, 0.3) is 0 Å². The SMILES string of the molecule is COC(=O)CCCC(=O)N1CCN(C[C@H](OCc2cccc(C)c2)c2ccc(Cl)cc2)CC1. The number of rotatable bonds is 10. The van der Waals surface area contributed by atoms with Crippen LogP contribution in [0.5, 0.6) is 0 Å². The molecule has 0 aliphatic carbocycles. The van der Waals surface area contributed by atoms with Crippen LogP contribution in [0, 0.1) is 6.92 Å². The molecule has 3 rings (SSSR count). The lowest BCUT2D eigenvalue weighted by Crippen LogP contribution is -2.49. The van der Waals surface area contributed by atoms with E-state index in [1.165, 1.54) is 12.7 Å². The third kappa shape index (κ3) is 8.14. The Balaban J connectivity index is 1.54. The van der Waals surface area contributed by atoms with E-state index in [9.17, 15) is 9.59 Å². The van der Waals surface area contributed by atoms with E-state index in [1.807, 2.05) is 35.2 Å². The summed E-state index contributed by atoms with van der Waals surface area (Å²) in [5.74, 6) is -0.171. The first kappa shape index (κ1) is 25.2. The number of aryl methyl sites for hydroxylation is 1. The Morgan fingerprint density at radius 1 is 1.03 bits per heavy atom. The van der Waals surface area contributed by atoms with Crippen molar-refractivity contribution in [2.24, 2.45) is 0 Å². The summed E-state index contributed by atoms with van der Waals surface area (Å²) in [6.07, 6.45) is 1.09. The van der Waals surface area contributed by atoms with Crippen molar-refractivity contribution < 1.29 is 19.1 Å². The number of benzene rings is 2. The maximum absolute atomic E-state index is 12.5. The second-order valence-corrected chi connectivity index (χ2v) is 8.89. The number of nitrogens with zero attached hydrogens (tertiary/aromatic N) is 2. The first-order valence-electron chi connectivity index (χ1n) is 11.4. The predicted octanol–water partition coefficient (Wildman–Crippen LogP) is 4.39. The molecule has 6 nitrogen and oxygen atoms in total. The van der Waals surface area contributed by atoms with Crippen molar-refractivity contribution in [1.29, 1.82) is 0 Å². The van der Waals surface area contributed by atoms with Gasteiger partial charge in [0.15, 0.2) is 0 Å². The van der Waals surface area contributed by atoms with Crippen LogP contribution in [-0.2, 0) is 25.7 Å². The van der Waals surface area contributed by atoms with Gasteiger partial charge in [-0.1, -0.05) is 53.6 Å². The molecule has 1 fully saturated rings. The van der Waals surface area contributed by atoms with Crippen molar-refractivity contribution in [2.45, 2.75) is 38.9 Å². The third-order valence-electron chi connectivity index (χ3n) is 5.92. The Kier molecular flexibility index (Phi) is 9.73. The molecule has 0 spiro atoms. The van der Waals surface area contributed by atoms with Gasteiger partial charge < -0.3 is 14.4 Å². The van der Waals surface area contributed by atoms with Crippen LogP contribution in [0.15, 0.2) is 48.5 Å². The topological polar surface area (TPSA) is 59.1 Å². The maximum Gasteiger partial charge on any atom is 0.305 e. The predicted molar refractivity (Wildman–Crippen MR) is 129 cm³/mol. The molecule has 33 heavy (non-hydrogen) atoms. The zero-order chi connectivity index (χ0) is 23.6. The Hall–Kier alpha value is -2.41. The molecule has 178 valence electrons. The monoisotopic (exact) mass is 472 g/mol. The molecular formula is C26H33ClN2O4. The Morgan fingerprint density at radius 3 is 2.42 bits per heavy atom. The number of methoxy groups -OCH3 is 1. The van der Waals surface area contributed by atoms with Crippen LogP contribution in [0.3, 0.4) is 0 Å². The number of amides is 1. The van der Waals surface area contributed by atoms with Gasteiger partial charge in [0.2, 0.25) is 5.91 Å². The minimum absolute atomic E-state index is 0.0925. The third-order valence-corrected chi connectivity index (χ3v) is 6.18. The molecule has 0 saturated carbocycles. The highest BCUT2D eigenvalue weighted by molar-refractivity contribution is 6.30. The summed E-state index contributed by atoms with van der Waals surface area (Å²) in [6, 6.07) is 16.2. The molecule has 1 saturated heterocycles. The highest BCUT2D eigenvalue weighted by atomic mass is 35.5. The summed E-state index contributed by atoms with van der Waals surface area (Å²) in [7, 11) is 1.37. The van der Waals surface area contributed by atoms with Crippen LogP contribution in [0.1, 0.15) is 42.1 Å². The van der Waals surface area contributed by atoms with Gasteiger partial charge in [0, 0.05) is 50.6 Å². The van der Waals surface area contributed by atoms with E-state index in [-0.39, 0.29) is 24.4 Å². The highest BCUT2D eigenvalue weighted by Gasteiger charge is 2.24. The van der Waals surface area contributed by atoms with Crippen molar-refractivity contribution in [3.05, 3.63) is 70.2 Å². The second kappa shape index (κ2) is 12.7. The first-order chi connectivity index (χ1) is 15.9. The minimum atomic E-state index is -0.272. The fourth-order valence-corrected chi connectivity index (χ4v) is 4.11. The number of hydrogen-bond donors (Lipinski definition) is 0. The molecular weight excluding hydrogens is 440 g/mol. The first-order valence-corrected chi connectivity index (χ1v) is 11.8. The van der Waals surface area contributed by atoms with E-state index in [1.54, 1.807) is 0 Å². The molecule has 0 bridgehead atoms. The average Bonchev–Trinajstić information content (AvgIpc) is 2.82. The Morgan fingerprint density at radius 2 is 1.76 bits per heavy atom. The molecule has 0 N–H and O–H groups in total. The number of carbonyl (C=O) groups excluding carboxylic acids is 2. The molecule has 1 atom stereocenters. The van der Waals surface area contributed by atoms with Crippen LogP contribution in [0.4, 0.5) is 0 Å². The van der Waals surface area contributed by atoms with Crippen LogP contribution in [-0.4, -0.2) is 61.5 Å². The fourth-order valence-electron chi connectivity index (χ4n) is 3.99. The molecule has 2 aromatic carbocycles. The van der Waals surface area contributed by atoms with E-state index in [2.05, 4.69) is 34.8 Å². The van der Waals surface area contributed by atoms with Crippen molar-refractivity contribution >= 4 is 23.5 Å². The van der Waals surface area contributed by atoms with Gasteiger partial charge >= 0.3 is 5.97 Å². The molecule has 0 aromatic heterocycles. The van der Waals surface area contributed by atoms with Gasteiger partial charge in [-0.2, -0.15) is 0 Å². The number of carbonyl (C=O) groups is 2. The van der Waals surface area contributed by atoms with E-state index in [0.29, 0.717) is 37.6 Å². The largest absolute Gasteiger partial charge is 0.469 e. The summed E-state index contributed by atoms with van der Waals surface area (Å²) in [4.78, 5) is 27.9. The Labute approximate surface area is 201 Å². The molecule has 1 amide bonds. The maximum atomic E-state index is 12.5. The van der Waals surface area contributed by atoms with E-state index >= 15 is 0 Å². The zero-order valence-corrected chi connectivity index (χ0v) is 20.2. The summed E-state index contributed by atoms with van der Waals surface area (Å²) in [5, 5.41) is 0.704. The zero-order valence-electron chi connectivity index (χ0n) is 19.5. The average molecular weight is 473 g/mol.